The smallest absolute Gasteiger partial charge is 0.124 e. The van der Waals surface area contributed by atoms with Crippen molar-refractivity contribution >= 4 is 0 Å². The van der Waals surface area contributed by atoms with Gasteiger partial charge in [-0.05, 0) is 12.1 Å². The fourth-order valence-corrected chi connectivity index (χ4v) is 2.08. The van der Waals surface area contributed by atoms with Crippen LogP contribution in [-0.2, 0) is 6.42 Å². The molecule has 74 valence electrons. The van der Waals surface area contributed by atoms with Crippen LogP contribution in [0.4, 0.5) is 0 Å². The van der Waals surface area contributed by atoms with Crippen LogP contribution in [0, 0.1) is 0 Å². The predicted molar refractivity (Wildman–Crippen MR) is 52.7 cm³/mol. The van der Waals surface area contributed by atoms with Gasteiger partial charge in [0.15, 0.2) is 0 Å². The van der Waals surface area contributed by atoms with E-state index in [0.717, 1.165) is 43.1 Å². The summed E-state index contributed by atoms with van der Waals surface area (Å²) in [7, 11) is 0. The van der Waals surface area contributed by atoms with E-state index in [0.29, 0.717) is 0 Å². The summed E-state index contributed by atoms with van der Waals surface area (Å²) >= 11 is 0. The zero-order valence-corrected chi connectivity index (χ0v) is 7.95. The Labute approximate surface area is 82.8 Å². The third-order valence-electron chi connectivity index (χ3n) is 2.91. The van der Waals surface area contributed by atoms with Crippen molar-refractivity contribution in [2.45, 2.75) is 18.9 Å². The minimum absolute atomic E-state index is 0.105. The highest BCUT2D eigenvalue weighted by molar-refractivity contribution is 5.50. The first-order valence-electron chi connectivity index (χ1n) is 5.02. The Morgan fingerprint density at radius 3 is 2.93 bits per heavy atom. The highest BCUT2D eigenvalue weighted by atomic mass is 16.5. The van der Waals surface area contributed by atoms with Crippen LogP contribution in [0.25, 0.3) is 0 Å². The molecule has 0 amide bonds. The molecule has 2 N–H and O–H groups in total. The molecule has 0 fully saturated rings. The van der Waals surface area contributed by atoms with Gasteiger partial charge in [-0.25, -0.2) is 0 Å². The van der Waals surface area contributed by atoms with Crippen LogP contribution in [0.2, 0.25) is 0 Å². The molecule has 14 heavy (non-hydrogen) atoms. The molecular weight excluding hydrogens is 178 g/mol. The highest BCUT2D eigenvalue weighted by Crippen LogP contribution is 2.38. The van der Waals surface area contributed by atoms with Gasteiger partial charge in [0.1, 0.15) is 11.5 Å². The molecule has 1 atom stereocenters. The average molecular weight is 191 g/mol. The number of nitrogens with two attached hydrogens (primary N) is 1. The van der Waals surface area contributed by atoms with E-state index in [2.05, 4.69) is 6.07 Å². The van der Waals surface area contributed by atoms with E-state index in [1.165, 1.54) is 5.56 Å². The number of ether oxygens (including phenoxy) is 2. The molecular formula is C11H13NO2. The fraction of sp³-hybridized carbons (Fsp3) is 0.455. The second-order valence-corrected chi connectivity index (χ2v) is 3.84. The van der Waals surface area contributed by atoms with Gasteiger partial charge in [-0.15, -0.1) is 0 Å². The van der Waals surface area contributed by atoms with Gasteiger partial charge in [0.05, 0.1) is 13.2 Å². The monoisotopic (exact) mass is 191 g/mol. The molecule has 0 radical (unpaired) electrons. The molecule has 0 aromatic heterocycles. The molecule has 0 unspecified atom stereocenters. The number of benzene rings is 1. The lowest BCUT2D eigenvalue weighted by Gasteiger charge is -2.23. The van der Waals surface area contributed by atoms with Gasteiger partial charge in [0.25, 0.3) is 0 Å². The zero-order valence-electron chi connectivity index (χ0n) is 7.95. The predicted octanol–water partition coefficient (Wildman–Crippen LogP) is 1.40. The molecule has 1 aromatic rings. The Morgan fingerprint density at radius 1 is 1.14 bits per heavy atom. The van der Waals surface area contributed by atoms with Crippen molar-refractivity contribution in [1.82, 2.24) is 0 Å². The average Bonchev–Trinajstić information content (AvgIpc) is 2.62. The number of hydrogen-bond acceptors (Lipinski definition) is 3. The third-order valence-corrected chi connectivity index (χ3v) is 2.91. The lowest BCUT2D eigenvalue weighted by atomic mass is 9.99. The van der Waals surface area contributed by atoms with Crippen molar-refractivity contribution in [1.29, 1.82) is 0 Å². The van der Waals surface area contributed by atoms with Crippen molar-refractivity contribution in [3.8, 4) is 11.5 Å². The standard InChI is InChI=1S/C11H13NO2/c12-9-2-4-14-11-5-7-1-3-13-10(7)6-8(9)11/h5-6,9H,1-4,12H2/t9-/m0/s1. The molecule has 0 spiro atoms. The summed E-state index contributed by atoms with van der Waals surface area (Å²) < 4.78 is 11.1. The van der Waals surface area contributed by atoms with Gasteiger partial charge in [0, 0.05) is 30.0 Å². The molecule has 0 bridgehead atoms. The largest absolute Gasteiger partial charge is 0.493 e. The minimum atomic E-state index is 0.105. The lowest BCUT2D eigenvalue weighted by molar-refractivity contribution is 0.268. The number of rotatable bonds is 0. The molecule has 2 heterocycles. The van der Waals surface area contributed by atoms with Gasteiger partial charge >= 0.3 is 0 Å². The van der Waals surface area contributed by atoms with Gasteiger partial charge in [-0.3, -0.25) is 0 Å². The molecule has 1 aromatic carbocycles. The SMILES string of the molecule is N[C@H]1CCOc2cc3c(cc21)OCC3. The molecule has 3 rings (SSSR count). The molecule has 0 aliphatic carbocycles. The van der Waals surface area contributed by atoms with Crippen LogP contribution in [0.5, 0.6) is 11.5 Å². The fourth-order valence-electron chi connectivity index (χ4n) is 2.08. The van der Waals surface area contributed by atoms with E-state index in [1.807, 2.05) is 6.07 Å². The normalized spacial score (nSPS) is 23.4. The topological polar surface area (TPSA) is 44.5 Å². The maximum atomic E-state index is 6.00. The van der Waals surface area contributed by atoms with Crippen molar-refractivity contribution in [3.63, 3.8) is 0 Å². The minimum Gasteiger partial charge on any atom is -0.493 e. The van der Waals surface area contributed by atoms with Crippen molar-refractivity contribution in [2.75, 3.05) is 13.2 Å². The van der Waals surface area contributed by atoms with E-state index < -0.39 is 0 Å². The molecule has 2 aliphatic heterocycles. The van der Waals surface area contributed by atoms with Crippen LogP contribution in [0.1, 0.15) is 23.6 Å². The Kier molecular flexibility index (Phi) is 1.67. The maximum Gasteiger partial charge on any atom is 0.124 e. The van der Waals surface area contributed by atoms with Crippen molar-refractivity contribution < 1.29 is 9.47 Å². The van der Waals surface area contributed by atoms with E-state index in [4.69, 9.17) is 15.2 Å². The van der Waals surface area contributed by atoms with Crippen LogP contribution < -0.4 is 15.2 Å². The Balaban J connectivity index is 2.12. The molecule has 2 aliphatic rings. The number of hydrogen-bond donors (Lipinski definition) is 1. The molecule has 0 saturated heterocycles. The second kappa shape index (κ2) is 2.89. The first-order chi connectivity index (χ1) is 6.84. The zero-order chi connectivity index (χ0) is 9.54. The summed E-state index contributed by atoms with van der Waals surface area (Å²) in [4.78, 5) is 0. The Morgan fingerprint density at radius 2 is 2.00 bits per heavy atom. The maximum absolute atomic E-state index is 6.00. The van der Waals surface area contributed by atoms with Crippen LogP contribution in [0.3, 0.4) is 0 Å². The van der Waals surface area contributed by atoms with Crippen molar-refractivity contribution in [3.05, 3.63) is 23.3 Å². The van der Waals surface area contributed by atoms with Crippen LogP contribution in [0.15, 0.2) is 12.1 Å². The summed E-state index contributed by atoms with van der Waals surface area (Å²) in [6.07, 6.45) is 1.88. The van der Waals surface area contributed by atoms with Crippen molar-refractivity contribution in [2.24, 2.45) is 5.73 Å². The number of fused-ring (bicyclic) bond motifs is 2. The summed E-state index contributed by atoms with van der Waals surface area (Å²) in [5, 5.41) is 0. The van der Waals surface area contributed by atoms with Gasteiger partial charge in [-0.2, -0.15) is 0 Å². The van der Waals surface area contributed by atoms with E-state index >= 15 is 0 Å². The summed E-state index contributed by atoms with van der Waals surface area (Å²) in [5.41, 5.74) is 8.35. The van der Waals surface area contributed by atoms with E-state index in [9.17, 15) is 0 Å². The summed E-state index contributed by atoms with van der Waals surface area (Å²) in [6.45, 7) is 1.52. The molecule has 0 saturated carbocycles. The third kappa shape index (κ3) is 1.09. The Hall–Kier alpha value is -1.22. The Bertz CT molecular complexity index is 376. The second-order valence-electron chi connectivity index (χ2n) is 3.84. The molecule has 3 nitrogen and oxygen atoms in total. The van der Waals surface area contributed by atoms with Gasteiger partial charge < -0.3 is 15.2 Å². The van der Waals surface area contributed by atoms with Gasteiger partial charge in [0.2, 0.25) is 0 Å². The molecule has 3 heteroatoms. The van der Waals surface area contributed by atoms with Crippen LogP contribution in [-0.4, -0.2) is 13.2 Å². The highest BCUT2D eigenvalue weighted by Gasteiger charge is 2.22. The quantitative estimate of drug-likeness (QED) is 0.674. The summed E-state index contributed by atoms with van der Waals surface area (Å²) in [6, 6.07) is 4.23. The van der Waals surface area contributed by atoms with Crippen LogP contribution >= 0.6 is 0 Å². The van der Waals surface area contributed by atoms with E-state index in [-0.39, 0.29) is 6.04 Å². The van der Waals surface area contributed by atoms with Gasteiger partial charge in [-0.1, -0.05) is 0 Å². The summed E-state index contributed by atoms with van der Waals surface area (Å²) in [5.74, 6) is 1.94. The first kappa shape index (κ1) is 8.12. The first-order valence-corrected chi connectivity index (χ1v) is 5.02. The lowest BCUT2D eigenvalue weighted by Crippen LogP contribution is -2.20. The van der Waals surface area contributed by atoms with E-state index in [1.54, 1.807) is 0 Å².